The lowest BCUT2D eigenvalue weighted by Crippen LogP contribution is -2.68. The van der Waals surface area contributed by atoms with Crippen LogP contribution in [0, 0.1) is 50.2 Å². The second-order valence-corrected chi connectivity index (χ2v) is 15.2. The minimum atomic E-state index is -0.624. The first kappa shape index (κ1) is 24.9. The first-order valence-corrected chi connectivity index (χ1v) is 14.2. The van der Waals surface area contributed by atoms with E-state index >= 15 is 0 Å². The molecule has 5 aliphatic carbocycles. The van der Waals surface area contributed by atoms with E-state index in [0.29, 0.717) is 11.8 Å². The predicted octanol–water partition coefficient (Wildman–Crippen LogP) is 4.07. The first-order valence-electron chi connectivity index (χ1n) is 14.2. The molecule has 1 saturated heterocycles. The van der Waals surface area contributed by atoms with Crippen LogP contribution >= 0.6 is 0 Å². The highest BCUT2D eigenvalue weighted by Crippen LogP contribution is 2.77. The molecule has 0 radical (unpaired) electrons. The Labute approximate surface area is 211 Å². The summed E-state index contributed by atoms with van der Waals surface area (Å²) in [6, 6.07) is 0. The summed E-state index contributed by atoms with van der Waals surface area (Å²) in [5.41, 5.74) is 0.390. The number of ether oxygens (including phenoxy) is 1. The maximum Gasteiger partial charge on any atom is 0.0916 e. The Hall–Kier alpha value is -0.460. The number of fused-ring (bicyclic) bond motifs is 7. The highest BCUT2D eigenvalue weighted by atomic mass is 16.5. The molecular weight excluding hydrogens is 440 g/mol. The third-order valence-corrected chi connectivity index (χ3v) is 13.8. The summed E-state index contributed by atoms with van der Waals surface area (Å²) < 4.78 is 6.71. The second kappa shape index (κ2) is 7.14. The van der Waals surface area contributed by atoms with Crippen LogP contribution in [0.5, 0.6) is 0 Å². The van der Waals surface area contributed by atoms with Crippen LogP contribution in [0.4, 0.5) is 0 Å². The van der Waals surface area contributed by atoms with Gasteiger partial charge in [-0.2, -0.15) is 0 Å². The van der Waals surface area contributed by atoms with Crippen molar-refractivity contribution in [2.45, 2.75) is 111 Å². The fourth-order valence-corrected chi connectivity index (χ4v) is 11.5. The van der Waals surface area contributed by atoms with Crippen molar-refractivity contribution in [1.29, 1.82) is 0 Å². The molecule has 198 valence electrons. The highest BCUT2D eigenvalue weighted by Gasteiger charge is 2.75. The fraction of sp³-hybridized carbons (Fsp3) is 0.933. The largest absolute Gasteiger partial charge is 0.396 e. The van der Waals surface area contributed by atoms with Crippen molar-refractivity contribution < 1.29 is 25.2 Å². The maximum absolute atomic E-state index is 11.5. The molecule has 5 nitrogen and oxygen atoms in total. The number of aliphatic hydroxyl groups excluding tert-OH is 4. The average Bonchev–Trinajstić information content (AvgIpc) is 3.05. The van der Waals surface area contributed by atoms with Crippen LogP contribution in [-0.2, 0) is 4.74 Å². The third kappa shape index (κ3) is 2.59. The van der Waals surface area contributed by atoms with Gasteiger partial charge in [0.15, 0.2) is 0 Å². The number of aliphatic hydroxyl groups is 4. The van der Waals surface area contributed by atoms with E-state index in [9.17, 15) is 20.4 Å². The van der Waals surface area contributed by atoms with E-state index in [1.54, 1.807) is 0 Å². The first-order chi connectivity index (χ1) is 16.3. The molecule has 0 aromatic rings. The Morgan fingerprint density at radius 3 is 2.29 bits per heavy atom. The normalized spacial score (nSPS) is 60.3. The maximum atomic E-state index is 11.5. The number of rotatable bonds is 2. The van der Waals surface area contributed by atoms with Crippen molar-refractivity contribution in [2.24, 2.45) is 50.2 Å². The molecule has 1 heterocycles. The van der Waals surface area contributed by atoms with Crippen molar-refractivity contribution in [3.8, 4) is 0 Å². The Morgan fingerprint density at radius 2 is 1.63 bits per heavy atom. The van der Waals surface area contributed by atoms with Gasteiger partial charge in [-0.15, -0.1) is 0 Å². The second-order valence-electron chi connectivity index (χ2n) is 15.2. The zero-order chi connectivity index (χ0) is 25.4. The van der Waals surface area contributed by atoms with Crippen molar-refractivity contribution in [1.82, 2.24) is 0 Å². The molecule has 6 rings (SSSR count). The van der Waals surface area contributed by atoms with Crippen LogP contribution in [0.1, 0.15) is 86.5 Å². The van der Waals surface area contributed by atoms with Gasteiger partial charge in [0.1, 0.15) is 0 Å². The summed E-state index contributed by atoms with van der Waals surface area (Å²) in [5, 5.41) is 43.7. The highest BCUT2D eigenvalue weighted by molar-refractivity contribution is 5.37. The van der Waals surface area contributed by atoms with Crippen LogP contribution in [0.3, 0.4) is 0 Å². The zero-order valence-corrected chi connectivity index (χ0v) is 22.7. The van der Waals surface area contributed by atoms with Crippen LogP contribution in [0.25, 0.3) is 0 Å². The molecule has 0 aromatic carbocycles. The minimum absolute atomic E-state index is 0.0177. The van der Waals surface area contributed by atoms with E-state index in [-0.39, 0.29) is 53.0 Å². The molecule has 5 fully saturated rings. The molecule has 4 N–H and O–H groups in total. The monoisotopic (exact) mass is 488 g/mol. The van der Waals surface area contributed by atoms with Crippen LogP contribution in [0.2, 0.25) is 0 Å². The summed E-state index contributed by atoms with van der Waals surface area (Å²) in [6.45, 7) is 14.0. The van der Waals surface area contributed by atoms with Gasteiger partial charge in [-0.3, -0.25) is 0 Å². The van der Waals surface area contributed by atoms with E-state index in [2.05, 4.69) is 47.6 Å². The summed E-state index contributed by atoms with van der Waals surface area (Å²) in [6.07, 6.45) is 7.78. The number of allylic oxidation sites excluding steroid dienone is 2. The third-order valence-electron chi connectivity index (χ3n) is 13.8. The van der Waals surface area contributed by atoms with Gasteiger partial charge < -0.3 is 25.2 Å². The molecule has 0 spiro atoms. The van der Waals surface area contributed by atoms with E-state index in [1.165, 1.54) is 5.57 Å². The van der Waals surface area contributed by atoms with E-state index in [0.717, 1.165) is 44.9 Å². The van der Waals surface area contributed by atoms with Crippen molar-refractivity contribution in [2.75, 3.05) is 13.2 Å². The Bertz CT molecular complexity index is 945. The van der Waals surface area contributed by atoms with Crippen LogP contribution in [-0.4, -0.2) is 58.1 Å². The van der Waals surface area contributed by atoms with E-state index < -0.39 is 23.0 Å². The van der Waals surface area contributed by atoms with Gasteiger partial charge in [0.2, 0.25) is 0 Å². The summed E-state index contributed by atoms with van der Waals surface area (Å²) in [4.78, 5) is 0. The van der Waals surface area contributed by atoms with Gasteiger partial charge in [0, 0.05) is 5.41 Å². The zero-order valence-electron chi connectivity index (χ0n) is 22.7. The number of hydrogen-bond donors (Lipinski definition) is 4. The SMILES string of the molecule is CC1(C)C[C@H]2C3=CC[C@@H]4[C@@]5(C)CC[C@H](O)[C@@](C)(CO)[C@@H]5CC[C@@]4(C)[C@]3(C)C[C@H]3O[C@@H]1[C@H](O)[C@]32CO. The molecule has 6 aliphatic rings. The summed E-state index contributed by atoms with van der Waals surface area (Å²) >= 11 is 0. The van der Waals surface area contributed by atoms with Gasteiger partial charge in [-0.1, -0.05) is 53.2 Å². The minimum Gasteiger partial charge on any atom is -0.396 e. The van der Waals surface area contributed by atoms with Gasteiger partial charge >= 0.3 is 0 Å². The average molecular weight is 489 g/mol. The molecular formula is C30H48O5. The lowest BCUT2D eigenvalue weighted by Gasteiger charge is -2.71. The lowest BCUT2D eigenvalue weighted by atomic mass is 9.33. The molecule has 0 amide bonds. The lowest BCUT2D eigenvalue weighted by molar-refractivity contribution is -0.221. The molecule has 2 bridgehead atoms. The summed E-state index contributed by atoms with van der Waals surface area (Å²) in [7, 11) is 0. The Balaban J connectivity index is 1.47. The van der Waals surface area contributed by atoms with Crippen molar-refractivity contribution >= 4 is 0 Å². The standard InChI is InChI=1S/C30H48O5/c1-25(2)13-18-17-7-8-20-26(3)11-10-21(33)27(4,15-31)19(26)9-12-28(20,5)29(17,6)14-22-30(18,16-32)23(34)24(25)35-22/h7,18-24,31-34H,8-16H2,1-6H3/t18-,19+,20+,21-,22+,23-,24+,26-,27-,28+,29+,30-/m0/s1. The van der Waals surface area contributed by atoms with Crippen LogP contribution < -0.4 is 0 Å². The van der Waals surface area contributed by atoms with Crippen molar-refractivity contribution in [3.63, 3.8) is 0 Å². The number of hydrogen-bond acceptors (Lipinski definition) is 5. The molecule has 0 unspecified atom stereocenters. The molecule has 5 heteroatoms. The molecule has 1 aliphatic heterocycles. The van der Waals surface area contributed by atoms with E-state index in [1.807, 2.05) is 0 Å². The van der Waals surface area contributed by atoms with Gasteiger partial charge in [0.05, 0.1) is 43.0 Å². The quantitative estimate of drug-likeness (QED) is 0.440. The summed E-state index contributed by atoms with van der Waals surface area (Å²) in [5.74, 6) is 0.915. The van der Waals surface area contributed by atoms with E-state index in [4.69, 9.17) is 4.74 Å². The Morgan fingerprint density at radius 1 is 0.914 bits per heavy atom. The fourth-order valence-electron chi connectivity index (χ4n) is 11.5. The molecule has 0 aromatic heterocycles. The predicted molar refractivity (Wildman–Crippen MR) is 134 cm³/mol. The molecule has 4 saturated carbocycles. The van der Waals surface area contributed by atoms with Gasteiger partial charge in [-0.05, 0) is 84.4 Å². The van der Waals surface area contributed by atoms with Crippen molar-refractivity contribution in [3.05, 3.63) is 11.6 Å². The van der Waals surface area contributed by atoms with Crippen LogP contribution in [0.15, 0.2) is 11.6 Å². The van der Waals surface area contributed by atoms with Gasteiger partial charge in [0.25, 0.3) is 0 Å². The Kier molecular flexibility index (Phi) is 5.07. The van der Waals surface area contributed by atoms with Gasteiger partial charge in [-0.25, -0.2) is 0 Å². The molecule has 12 atom stereocenters. The smallest absolute Gasteiger partial charge is 0.0916 e. The topological polar surface area (TPSA) is 90.2 Å². The molecule has 35 heavy (non-hydrogen) atoms.